The van der Waals surface area contributed by atoms with Gasteiger partial charge in [0.2, 0.25) is 0 Å². The van der Waals surface area contributed by atoms with Crippen molar-refractivity contribution in [2.45, 2.75) is 43.7 Å². The molecular weight excluding hydrogens is 352 g/mol. The van der Waals surface area contributed by atoms with Crippen LogP contribution in [-0.2, 0) is 0 Å². The maximum atomic E-state index is 12.0. The Labute approximate surface area is 164 Å². The van der Waals surface area contributed by atoms with Crippen LogP contribution in [0.5, 0.6) is 0 Å². The van der Waals surface area contributed by atoms with E-state index in [-0.39, 0.29) is 6.04 Å². The first-order valence-electron chi connectivity index (χ1n) is 10.1. The molecule has 0 radical (unpaired) electrons. The monoisotopic (exact) mass is 378 g/mol. The summed E-state index contributed by atoms with van der Waals surface area (Å²) in [5, 5.41) is 17.7. The number of carbonyl (C=O) groups is 1. The Morgan fingerprint density at radius 1 is 1.14 bits per heavy atom. The maximum absolute atomic E-state index is 12.0. The normalized spacial score (nSPS) is 32.9. The Kier molecular flexibility index (Phi) is 4.05. The number of aromatic nitrogens is 1. The Bertz CT molecular complexity index is 885. The summed E-state index contributed by atoms with van der Waals surface area (Å²) in [5.41, 5.74) is 7.21. The van der Waals surface area contributed by atoms with Gasteiger partial charge < -0.3 is 21.5 Å². The zero-order chi connectivity index (χ0) is 19.3. The Balaban J connectivity index is 1.42. The van der Waals surface area contributed by atoms with E-state index >= 15 is 0 Å². The van der Waals surface area contributed by atoms with Crippen LogP contribution in [-0.4, -0.2) is 27.6 Å². The van der Waals surface area contributed by atoms with Gasteiger partial charge in [-0.25, -0.2) is 4.98 Å². The second-order valence-electron chi connectivity index (χ2n) is 8.83. The van der Waals surface area contributed by atoms with E-state index in [1.54, 1.807) is 6.20 Å². The second kappa shape index (κ2) is 6.48. The summed E-state index contributed by atoms with van der Waals surface area (Å²) in [7, 11) is 0. The number of nitrogens with two attached hydrogens (primary N) is 1. The molecule has 0 spiro atoms. The van der Waals surface area contributed by atoms with Crippen LogP contribution in [0.2, 0.25) is 0 Å². The predicted molar refractivity (Wildman–Crippen MR) is 108 cm³/mol. The molecule has 6 nitrogen and oxygen atoms in total. The maximum Gasteiger partial charge on any atom is 0.252 e. The number of benzene rings is 1. The highest BCUT2D eigenvalue weighted by atomic mass is 16.3. The molecule has 146 valence electrons. The molecule has 1 aromatic carbocycles. The first-order valence-corrected chi connectivity index (χ1v) is 10.1. The Morgan fingerprint density at radius 2 is 1.86 bits per heavy atom. The number of primary amides is 1. The largest absolute Gasteiger partial charge is 0.390 e. The molecule has 5 atom stereocenters. The summed E-state index contributed by atoms with van der Waals surface area (Å²) in [6.07, 6.45) is 6.51. The van der Waals surface area contributed by atoms with Crippen LogP contribution in [0, 0.1) is 17.8 Å². The third kappa shape index (κ3) is 3.11. The molecule has 0 saturated heterocycles. The molecule has 4 saturated carbocycles. The number of rotatable bonds is 5. The Hall–Kier alpha value is -2.60. The summed E-state index contributed by atoms with van der Waals surface area (Å²) in [6, 6.07) is 11.9. The quantitative estimate of drug-likeness (QED) is 0.640. The van der Waals surface area contributed by atoms with Crippen LogP contribution < -0.4 is 16.4 Å². The fourth-order valence-corrected chi connectivity index (χ4v) is 5.91. The minimum Gasteiger partial charge on any atom is -0.390 e. The summed E-state index contributed by atoms with van der Waals surface area (Å²) >= 11 is 0. The molecular formula is C22H26N4O2. The summed E-state index contributed by atoms with van der Waals surface area (Å²) in [6.45, 7) is 0. The van der Waals surface area contributed by atoms with Crippen molar-refractivity contribution in [2.75, 3.05) is 10.6 Å². The topological polar surface area (TPSA) is 100 Å². The molecule has 1 aromatic heterocycles. The van der Waals surface area contributed by atoms with E-state index < -0.39 is 11.5 Å². The minimum absolute atomic E-state index is 0.266. The van der Waals surface area contributed by atoms with Gasteiger partial charge in [-0.2, -0.15) is 0 Å². The third-order valence-corrected chi connectivity index (χ3v) is 6.78. The Morgan fingerprint density at radius 3 is 2.50 bits per heavy atom. The molecule has 4 aliphatic carbocycles. The molecule has 0 aliphatic heterocycles. The zero-order valence-corrected chi connectivity index (χ0v) is 15.8. The van der Waals surface area contributed by atoms with Gasteiger partial charge in [0.1, 0.15) is 5.82 Å². The lowest BCUT2D eigenvalue weighted by Crippen LogP contribution is -2.59. The highest BCUT2D eigenvalue weighted by molar-refractivity contribution is 5.98. The van der Waals surface area contributed by atoms with Crippen molar-refractivity contribution in [3.05, 3.63) is 48.2 Å². The SMILES string of the molecule is NC(=O)c1cnc(Nc2ccccc2)cc1N[C@H]1[C@@H]2CC3C[C@H]1C[C@@](O)(C3)C2. The van der Waals surface area contributed by atoms with Crippen molar-refractivity contribution in [2.24, 2.45) is 23.5 Å². The smallest absolute Gasteiger partial charge is 0.252 e. The van der Waals surface area contributed by atoms with E-state index in [9.17, 15) is 9.90 Å². The van der Waals surface area contributed by atoms with Gasteiger partial charge in [0, 0.05) is 24.0 Å². The molecule has 1 unspecified atom stereocenters. The lowest BCUT2D eigenvalue weighted by molar-refractivity contribution is -0.129. The molecule has 1 amide bonds. The standard InChI is InChI=1S/C22H26N4O2/c23-21(27)17-12-24-19(25-16-4-2-1-3-5-16)8-18(17)26-20-14-6-13-7-15(20)11-22(28,9-13)10-14/h1-5,8,12-15,20,28H,6-7,9-11H2,(H2,23,27)(H2,24,25,26)/t13?,14-,15+,20+,22-. The molecule has 28 heavy (non-hydrogen) atoms. The number of anilines is 3. The molecule has 2 aromatic rings. The first kappa shape index (κ1) is 17.5. The number of hydrogen-bond acceptors (Lipinski definition) is 5. The fraction of sp³-hybridized carbons (Fsp3) is 0.455. The summed E-state index contributed by atoms with van der Waals surface area (Å²) in [4.78, 5) is 16.3. The lowest BCUT2D eigenvalue weighted by atomic mass is 9.52. The predicted octanol–water partition coefficient (Wildman–Crippen LogP) is 3.28. The van der Waals surface area contributed by atoms with Crippen LogP contribution >= 0.6 is 0 Å². The van der Waals surface area contributed by atoms with Crippen molar-refractivity contribution in [3.8, 4) is 0 Å². The van der Waals surface area contributed by atoms with Crippen molar-refractivity contribution in [1.82, 2.24) is 4.98 Å². The molecule has 4 aliphatic rings. The van der Waals surface area contributed by atoms with E-state index in [0.717, 1.165) is 43.5 Å². The first-order chi connectivity index (χ1) is 13.5. The number of hydrogen-bond donors (Lipinski definition) is 4. The number of nitrogens with one attached hydrogen (secondary N) is 2. The number of nitrogens with zero attached hydrogens (tertiary/aromatic N) is 1. The van der Waals surface area contributed by atoms with Gasteiger partial charge >= 0.3 is 0 Å². The van der Waals surface area contributed by atoms with Gasteiger partial charge in [-0.15, -0.1) is 0 Å². The van der Waals surface area contributed by atoms with Gasteiger partial charge in [-0.05, 0) is 62.0 Å². The highest BCUT2D eigenvalue weighted by Gasteiger charge is 2.54. The van der Waals surface area contributed by atoms with E-state index in [0.29, 0.717) is 29.1 Å². The van der Waals surface area contributed by atoms with E-state index in [2.05, 4.69) is 15.6 Å². The number of para-hydroxylation sites is 1. The number of aliphatic hydroxyl groups is 1. The van der Waals surface area contributed by atoms with Crippen molar-refractivity contribution in [1.29, 1.82) is 0 Å². The molecule has 1 heterocycles. The van der Waals surface area contributed by atoms with Crippen LogP contribution in [0.25, 0.3) is 0 Å². The molecule has 4 fully saturated rings. The highest BCUT2D eigenvalue weighted by Crippen LogP contribution is 2.56. The van der Waals surface area contributed by atoms with Gasteiger partial charge in [-0.3, -0.25) is 4.79 Å². The van der Waals surface area contributed by atoms with Crippen LogP contribution in [0.15, 0.2) is 42.6 Å². The van der Waals surface area contributed by atoms with Gasteiger partial charge in [0.05, 0.1) is 16.9 Å². The zero-order valence-electron chi connectivity index (χ0n) is 15.8. The molecule has 5 N–H and O–H groups in total. The van der Waals surface area contributed by atoms with Crippen molar-refractivity contribution in [3.63, 3.8) is 0 Å². The lowest BCUT2D eigenvalue weighted by Gasteiger charge is -2.58. The van der Waals surface area contributed by atoms with E-state index in [1.165, 1.54) is 0 Å². The number of pyridine rings is 1. The summed E-state index contributed by atoms with van der Waals surface area (Å²) < 4.78 is 0. The van der Waals surface area contributed by atoms with Gasteiger partial charge in [-0.1, -0.05) is 18.2 Å². The van der Waals surface area contributed by atoms with Gasteiger partial charge in [0.25, 0.3) is 5.91 Å². The molecule has 6 rings (SSSR count). The second-order valence-corrected chi connectivity index (χ2v) is 8.83. The van der Waals surface area contributed by atoms with E-state index in [4.69, 9.17) is 5.73 Å². The summed E-state index contributed by atoms with van der Waals surface area (Å²) in [5.74, 6) is 1.71. The number of amides is 1. The fourth-order valence-electron chi connectivity index (χ4n) is 5.91. The minimum atomic E-state index is -0.483. The van der Waals surface area contributed by atoms with Crippen molar-refractivity contribution < 1.29 is 9.90 Å². The average Bonchev–Trinajstić information content (AvgIpc) is 2.64. The number of carbonyl (C=O) groups excluding carboxylic acids is 1. The van der Waals surface area contributed by atoms with Crippen molar-refractivity contribution >= 4 is 23.1 Å². The molecule has 4 bridgehead atoms. The average molecular weight is 378 g/mol. The van der Waals surface area contributed by atoms with Crippen LogP contribution in [0.4, 0.5) is 17.2 Å². The van der Waals surface area contributed by atoms with E-state index in [1.807, 2.05) is 36.4 Å². The van der Waals surface area contributed by atoms with Gasteiger partial charge in [0.15, 0.2) is 0 Å². The third-order valence-electron chi connectivity index (χ3n) is 6.78. The van der Waals surface area contributed by atoms with Crippen LogP contribution in [0.1, 0.15) is 42.5 Å². The van der Waals surface area contributed by atoms with Crippen LogP contribution in [0.3, 0.4) is 0 Å². The molecule has 6 heteroatoms.